The molecule has 0 aliphatic carbocycles. The van der Waals surface area contributed by atoms with Crippen molar-refractivity contribution < 1.29 is 14.1 Å². The normalized spacial score (nSPS) is 19.3. The Morgan fingerprint density at radius 1 is 1.26 bits per heavy atom. The number of aromatic nitrogens is 4. The molecular formula is C22H28N6O3. The van der Waals surface area contributed by atoms with Crippen molar-refractivity contribution in [3.8, 4) is 11.4 Å². The van der Waals surface area contributed by atoms with Gasteiger partial charge in [-0.2, -0.15) is 10.1 Å². The number of carbonyl (C=O) groups excluding carboxylic acids is 2. The summed E-state index contributed by atoms with van der Waals surface area (Å²) in [6.07, 6.45) is 3.35. The number of hydrogen-bond acceptors (Lipinski definition) is 6. The fraction of sp³-hybridized carbons (Fsp3) is 0.500. The molecular weight excluding hydrogens is 396 g/mol. The third kappa shape index (κ3) is 4.60. The van der Waals surface area contributed by atoms with E-state index in [1.807, 2.05) is 36.9 Å². The minimum atomic E-state index is 0.201. The number of rotatable bonds is 3. The van der Waals surface area contributed by atoms with E-state index in [-0.39, 0.29) is 11.8 Å². The zero-order valence-electron chi connectivity index (χ0n) is 18.2. The average Bonchev–Trinajstić information content (AvgIpc) is 3.48. The number of hydrogen-bond donors (Lipinski definition) is 1. The Balaban J connectivity index is 0.000000282. The van der Waals surface area contributed by atoms with Crippen LogP contribution in [-0.4, -0.2) is 56.8 Å². The second-order valence-corrected chi connectivity index (χ2v) is 8.43. The minimum absolute atomic E-state index is 0.201. The fourth-order valence-electron chi connectivity index (χ4n) is 4.10. The van der Waals surface area contributed by atoms with E-state index in [1.54, 1.807) is 4.90 Å². The Morgan fingerprint density at radius 2 is 2.03 bits per heavy atom. The minimum Gasteiger partial charge on any atom is -0.356 e. The summed E-state index contributed by atoms with van der Waals surface area (Å²) >= 11 is 0. The van der Waals surface area contributed by atoms with E-state index in [0.29, 0.717) is 17.6 Å². The maximum Gasteiger partial charge on any atom is 0.230 e. The van der Waals surface area contributed by atoms with Crippen LogP contribution in [0.4, 0.5) is 0 Å². The molecule has 2 aliphatic rings. The van der Waals surface area contributed by atoms with Crippen LogP contribution in [-0.2, 0) is 16.6 Å². The molecule has 4 heterocycles. The van der Waals surface area contributed by atoms with Crippen LogP contribution in [0.25, 0.3) is 22.3 Å². The van der Waals surface area contributed by atoms with Crippen LogP contribution in [0.5, 0.6) is 0 Å². The van der Waals surface area contributed by atoms with Gasteiger partial charge in [-0.3, -0.25) is 14.3 Å². The molecule has 164 valence electrons. The van der Waals surface area contributed by atoms with Crippen molar-refractivity contribution in [1.82, 2.24) is 30.1 Å². The lowest BCUT2D eigenvalue weighted by Gasteiger charge is -2.26. The highest BCUT2D eigenvalue weighted by atomic mass is 16.5. The van der Waals surface area contributed by atoms with Gasteiger partial charge in [0.25, 0.3) is 0 Å². The Morgan fingerprint density at radius 3 is 2.65 bits per heavy atom. The monoisotopic (exact) mass is 424 g/mol. The van der Waals surface area contributed by atoms with Gasteiger partial charge in [0.1, 0.15) is 0 Å². The van der Waals surface area contributed by atoms with Crippen LogP contribution in [0.3, 0.4) is 0 Å². The first-order valence-electron chi connectivity index (χ1n) is 10.7. The molecule has 9 nitrogen and oxygen atoms in total. The van der Waals surface area contributed by atoms with E-state index < -0.39 is 0 Å². The van der Waals surface area contributed by atoms with E-state index in [9.17, 15) is 9.59 Å². The van der Waals surface area contributed by atoms with Crippen LogP contribution in [0.2, 0.25) is 0 Å². The van der Waals surface area contributed by atoms with E-state index in [4.69, 9.17) is 4.52 Å². The highest BCUT2D eigenvalue weighted by Crippen LogP contribution is 2.29. The zero-order chi connectivity index (χ0) is 22.0. The van der Waals surface area contributed by atoms with Crippen LogP contribution < -0.4 is 5.32 Å². The van der Waals surface area contributed by atoms with Gasteiger partial charge in [-0.15, -0.1) is 0 Å². The highest BCUT2D eigenvalue weighted by Gasteiger charge is 2.25. The van der Waals surface area contributed by atoms with Crippen LogP contribution in [0.15, 0.2) is 22.7 Å². The van der Waals surface area contributed by atoms with Crippen LogP contribution in [0, 0.1) is 12.8 Å². The average molecular weight is 425 g/mol. The molecule has 0 saturated carbocycles. The van der Waals surface area contributed by atoms with E-state index in [1.165, 1.54) is 0 Å². The van der Waals surface area contributed by atoms with Gasteiger partial charge in [0.2, 0.25) is 24.0 Å². The summed E-state index contributed by atoms with van der Waals surface area (Å²) in [4.78, 5) is 27.5. The molecule has 2 aliphatic heterocycles. The SMILES string of the molecule is CC1CNC(=O)C1.Cc1nn(C)c2cc(-c3noc(C4CCN(C=O)CC4)n3)ccc12. The van der Waals surface area contributed by atoms with Gasteiger partial charge in [0, 0.05) is 50.0 Å². The van der Waals surface area contributed by atoms with Gasteiger partial charge in [-0.1, -0.05) is 24.2 Å². The van der Waals surface area contributed by atoms with Crippen LogP contribution >= 0.6 is 0 Å². The molecule has 3 aromatic rings. The number of benzene rings is 1. The number of nitrogens with one attached hydrogen (secondary N) is 1. The van der Waals surface area contributed by atoms with Gasteiger partial charge in [0.15, 0.2) is 0 Å². The first-order valence-corrected chi connectivity index (χ1v) is 10.7. The Hall–Kier alpha value is -3.23. The predicted molar refractivity (Wildman–Crippen MR) is 115 cm³/mol. The molecule has 0 bridgehead atoms. The zero-order valence-corrected chi connectivity index (χ0v) is 18.2. The lowest BCUT2D eigenvalue weighted by Crippen LogP contribution is -2.31. The number of aryl methyl sites for hydroxylation is 2. The molecule has 9 heteroatoms. The second kappa shape index (κ2) is 8.87. The van der Waals surface area contributed by atoms with Gasteiger partial charge in [0.05, 0.1) is 11.2 Å². The molecule has 5 rings (SSSR count). The number of amides is 2. The standard InChI is InChI=1S/C17H19N5O2.C5H9NO/c1-11-14-4-3-13(9-15(14)21(2)19-11)16-18-17(24-20-16)12-5-7-22(10-23)8-6-12;1-4-2-5(7)6-3-4/h3-4,9-10,12H,5-8H2,1-2H3;4H,2-3H2,1H3,(H,6,7). The topological polar surface area (TPSA) is 106 Å². The number of fused-ring (bicyclic) bond motifs is 1. The molecule has 2 fully saturated rings. The summed E-state index contributed by atoms with van der Waals surface area (Å²) in [6.45, 7) is 6.43. The third-order valence-electron chi connectivity index (χ3n) is 5.95. The quantitative estimate of drug-likeness (QED) is 0.647. The van der Waals surface area contributed by atoms with Gasteiger partial charge >= 0.3 is 0 Å². The largest absolute Gasteiger partial charge is 0.356 e. The molecule has 0 radical (unpaired) electrons. The van der Waals surface area contributed by atoms with Crippen molar-refractivity contribution in [2.24, 2.45) is 13.0 Å². The number of likely N-dealkylation sites (tertiary alicyclic amines) is 1. The molecule has 1 aromatic carbocycles. The molecule has 1 atom stereocenters. The molecule has 0 spiro atoms. The first-order chi connectivity index (χ1) is 14.9. The number of carbonyl (C=O) groups is 2. The summed E-state index contributed by atoms with van der Waals surface area (Å²) in [5.74, 6) is 2.26. The highest BCUT2D eigenvalue weighted by molar-refractivity contribution is 5.85. The van der Waals surface area contributed by atoms with Crippen molar-refractivity contribution in [3.63, 3.8) is 0 Å². The fourth-order valence-corrected chi connectivity index (χ4v) is 4.10. The summed E-state index contributed by atoms with van der Waals surface area (Å²) in [5, 5.41) is 12.4. The molecule has 31 heavy (non-hydrogen) atoms. The second-order valence-electron chi connectivity index (χ2n) is 8.43. The maximum atomic E-state index is 10.8. The van der Waals surface area contributed by atoms with E-state index >= 15 is 0 Å². The lowest BCUT2D eigenvalue weighted by atomic mass is 9.97. The lowest BCUT2D eigenvalue weighted by molar-refractivity contribution is -0.120. The first kappa shape index (κ1) is 21.0. The van der Waals surface area contributed by atoms with Gasteiger partial charge in [-0.25, -0.2) is 0 Å². The van der Waals surface area contributed by atoms with E-state index in [0.717, 1.165) is 67.5 Å². The molecule has 1 unspecified atom stereocenters. The summed E-state index contributed by atoms with van der Waals surface area (Å²) in [6, 6.07) is 6.09. The third-order valence-corrected chi connectivity index (χ3v) is 5.95. The molecule has 2 amide bonds. The van der Waals surface area contributed by atoms with Crippen molar-refractivity contribution in [1.29, 1.82) is 0 Å². The molecule has 2 saturated heterocycles. The summed E-state index contributed by atoms with van der Waals surface area (Å²) < 4.78 is 7.35. The van der Waals surface area contributed by atoms with Crippen molar-refractivity contribution in [2.75, 3.05) is 19.6 Å². The molecule has 2 aromatic heterocycles. The number of piperidine rings is 1. The van der Waals surface area contributed by atoms with Gasteiger partial charge in [-0.05, 0) is 31.7 Å². The van der Waals surface area contributed by atoms with Crippen molar-refractivity contribution >= 4 is 23.2 Å². The smallest absolute Gasteiger partial charge is 0.230 e. The summed E-state index contributed by atoms with van der Waals surface area (Å²) in [7, 11) is 1.93. The van der Waals surface area contributed by atoms with Gasteiger partial charge < -0.3 is 14.7 Å². The van der Waals surface area contributed by atoms with Crippen molar-refractivity contribution in [2.45, 2.75) is 39.0 Å². The maximum absolute atomic E-state index is 10.8. The Kier molecular flexibility index (Phi) is 6.01. The molecule has 1 N–H and O–H groups in total. The number of nitrogens with zero attached hydrogens (tertiary/aromatic N) is 5. The Bertz CT molecular complexity index is 1080. The van der Waals surface area contributed by atoms with Crippen molar-refractivity contribution in [3.05, 3.63) is 29.8 Å². The van der Waals surface area contributed by atoms with Crippen LogP contribution in [0.1, 0.15) is 43.7 Å². The summed E-state index contributed by atoms with van der Waals surface area (Å²) in [5.41, 5.74) is 2.98. The predicted octanol–water partition coefficient (Wildman–Crippen LogP) is 2.41. The Labute approximate surface area is 180 Å². The van der Waals surface area contributed by atoms with E-state index in [2.05, 4.69) is 27.5 Å².